The number of aromatic nitrogens is 1. The lowest BCUT2D eigenvalue weighted by Crippen LogP contribution is -2.26. The third kappa shape index (κ3) is 3.60. The number of hydrogen-bond acceptors (Lipinski definition) is 3. The van der Waals surface area contributed by atoms with Gasteiger partial charge in [0.1, 0.15) is 5.75 Å². The Hall–Kier alpha value is -2.57. The topological polar surface area (TPSA) is 62.4 Å². The summed E-state index contributed by atoms with van der Waals surface area (Å²) >= 11 is 0. The molecule has 25 heavy (non-hydrogen) atoms. The molecule has 0 aliphatic rings. The second kappa shape index (κ2) is 7.13. The molecule has 6 heteroatoms. The third-order valence-electron chi connectivity index (χ3n) is 4.02. The van der Waals surface area contributed by atoms with E-state index in [1.54, 1.807) is 38.6 Å². The first-order valence-electron chi connectivity index (χ1n) is 7.84. The van der Waals surface area contributed by atoms with E-state index >= 15 is 0 Å². The molecule has 0 amide bonds. The number of nitrogens with zero attached hydrogens (tertiary/aromatic N) is 1. The van der Waals surface area contributed by atoms with Gasteiger partial charge < -0.3 is 9.72 Å². The van der Waals surface area contributed by atoms with E-state index < -0.39 is 10.0 Å². The van der Waals surface area contributed by atoms with E-state index in [0.717, 1.165) is 11.3 Å². The summed E-state index contributed by atoms with van der Waals surface area (Å²) in [7, 11) is -0.461. The second-order valence-corrected chi connectivity index (χ2v) is 7.74. The number of rotatable bonds is 6. The summed E-state index contributed by atoms with van der Waals surface area (Å²) in [6, 6.07) is 18.1. The molecule has 0 radical (unpaired) electrons. The highest BCUT2D eigenvalue weighted by molar-refractivity contribution is 7.89. The normalized spacial score (nSPS) is 11.6. The summed E-state index contributed by atoms with van der Waals surface area (Å²) in [5.41, 5.74) is 2.45. The lowest BCUT2D eigenvalue weighted by molar-refractivity contribution is 0.415. The van der Waals surface area contributed by atoms with E-state index in [4.69, 9.17) is 4.74 Å². The summed E-state index contributed by atoms with van der Waals surface area (Å²) in [6.45, 7) is 0.313. The second-order valence-electron chi connectivity index (χ2n) is 5.69. The maximum Gasteiger partial charge on any atom is 0.243 e. The first-order chi connectivity index (χ1) is 12.0. The standard InChI is InChI=1S/C19H20N2O3S/c1-21(14-15-7-4-3-5-8-15)25(22,23)16-10-11-19(24-2)17(13-16)18-9-6-12-20-18/h3-13,20H,14H2,1-2H3. The smallest absolute Gasteiger partial charge is 0.243 e. The fourth-order valence-electron chi connectivity index (χ4n) is 2.66. The van der Waals surface area contributed by atoms with E-state index in [1.165, 1.54) is 4.31 Å². The van der Waals surface area contributed by atoms with Gasteiger partial charge in [-0.15, -0.1) is 0 Å². The van der Waals surface area contributed by atoms with Gasteiger partial charge in [-0.25, -0.2) is 8.42 Å². The number of H-pyrrole nitrogens is 1. The molecule has 0 fully saturated rings. The van der Waals surface area contributed by atoms with Crippen LogP contribution in [0.15, 0.2) is 71.8 Å². The largest absolute Gasteiger partial charge is 0.496 e. The molecule has 3 aromatic rings. The molecule has 0 spiro atoms. The zero-order valence-corrected chi connectivity index (χ0v) is 15.0. The van der Waals surface area contributed by atoms with E-state index in [2.05, 4.69) is 4.98 Å². The minimum atomic E-state index is -3.61. The van der Waals surface area contributed by atoms with Crippen molar-refractivity contribution in [3.63, 3.8) is 0 Å². The van der Waals surface area contributed by atoms with E-state index in [0.29, 0.717) is 17.9 Å². The van der Waals surface area contributed by atoms with Gasteiger partial charge >= 0.3 is 0 Å². The van der Waals surface area contributed by atoms with Crippen LogP contribution in [-0.2, 0) is 16.6 Å². The Morgan fingerprint density at radius 3 is 2.44 bits per heavy atom. The number of sulfonamides is 1. The van der Waals surface area contributed by atoms with Crippen molar-refractivity contribution in [3.05, 3.63) is 72.4 Å². The van der Waals surface area contributed by atoms with Crippen molar-refractivity contribution in [3.8, 4) is 17.0 Å². The number of nitrogens with one attached hydrogen (secondary N) is 1. The zero-order chi connectivity index (χ0) is 17.9. The molecule has 1 aromatic heterocycles. The Labute approximate surface area is 147 Å². The first-order valence-corrected chi connectivity index (χ1v) is 9.28. The Morgan fingerprint density at radius 1 is 1.04 bits per heavy atom. The van der Waals surface area contributed by atoms with Gasteiger partial charge in [0.15, 0.2) is 0 Å². The van der Waals surface area contributed by atoms with Crippen molar-refractivity contribution >= 4 is 10.0 Å². The quantitative estimate of drug-likeness (QED) is 0.735. The summed E-state index contributed by atoms with van der Waals surface area (Å²) in [5.74, 6) is 0.618. The SMILES string of the molecule is COc1ccc(S(=O)(=O)N(C)Cc2ccccc2)cc1-c1ccc[nH]1. The van der Waals surface area contributed by atoms with Crippen LogP contribution in [0.1, 0.15) is 5.56 Å². The molecule has 3 rings (SSSR count). The van der Waals surface area contributed by atoms with Crippen LogP contribution in [-0.4, -0.2) is 31.9 Å². The molecule has 0 aliphatic heterocycles. The Balaban J connectivity index is 1.96. The summed E-state index contributed by atoms with van der Waals surface area (Å²) < 4.78 is 32.6. The van der Waals surface area contributed by atoms with Gasteiger partial charge in [0, 0.05) is 31.0 Å². The minimum Gasteiger partial charge on any atom is -0.496 e. The van der Waals surface area contributed by atoms with Crippen LogP contribution >= 0.6 is 0 Å². The Kier molecular flexibility index (Phi) is 4.92. The zero-order valence-electron chi connectivity index (χ0n) is 14.1. The molecule has 5 nitrogen and oxygen atoms in total. The van der Waals surface area contributed by atoms with E-state index in [-0.39, 0.29) is 4.90 Å². The molecule has 0 saturated carbocycles. The van der Waals surface area contributed by atoms with Gasteiger partial charge in [0.25, 0.3) is 0 Å². The molecular weight excluding hydrogens is 336 g/mol. The first kappa shape index (κ1) is 17.3. The molecule has 1 N–H and O–H groups in total. The highest BCUT2D eigenvalue weighted by atomic mass is 32.2. The lowest BCUT2D eigenvalue weighted by Gasteiger charge is -2.18. The number of ether oxygens (including phenoxy) is 1. The Morgan fingerprint density at radius 2 is 1.80 bits per heavy atom. The summed E-state index contributed by atoms with van der Waals surface area (Å²) in [6.07, 6.45) is 1.79. The van der Waals surface area contributed by atoms with Gasteiger partial charge in [-0.05, 0) is 35.9 Å². The van der Waals surface area contributed by atoms with Crippen molar-refractivity contribution < 1.29 is 13.2 Å². The molecule has 0 bridgehead atoms. The van der Waals surface area contributed by atoms with Gasteiger partial charge in [0.2, 0.25) is 10.0 Å². The van der Waals surface area contributed by atoms with Crippen LogP contribution < -0.4 is 4.74 Å². The average molecular weight is 356 g/mol. The molecule has 2 aromatic carbocycles. The molecular formula is C19H20N2O3S. The van der Waals surface area contributed by atoms with Crippen LogP contribution in [0.2, 0.25) is 0 Å². The van der Waals surface area contributed by atoms with Crippen molar-refractivity contribution in [1.29, 1.82) is 0 Å². The molecule has 0 unspecified atom stereocenters. The highest BCUT2D eigenvalue weighted by Crippen LogP contribution is 2.32. The number of benzene rings is 2. The van der Waals surface area contributed by atoms with Crippen LogP contribution in [0.3, 0.4) is 0 Å². The maximum atomic E-state index is 12.9. The highest BCUT2D eigenvalue weighted by Gasteiger charge is 2.22. The fraction of sp³-hybridized carbons (Fsp3) is 0.158. The van der Waals surface area contributed by atoms with Crippen LogP contribution in [0.5, 0.6) is 5.75 Å². The summed E-state index contributed by atoms with van der Waals surface area (Å²) in [4.78, 5) is 3.32. The molecule has 130 valence electrons. The van der Waals surface area contributed by atoms with E-state index in [1.807, 2.05) is 42.5 Å². The predicted molar refractivity (Wildman–Crippen MR) is 97.9 cm³/mol. The Bertz CT molecular complexity index is 936. The summed E-state index contributed by atoms with van der Waals surface area (Å²) in [5, 5.41) is 0. The van der Waals surface area contributed by atoms with Crippen LogP contribution in [0, 0.1) is 0 Å². The van der Waals surface area contributed by atoms with Crippen LogP contribution in [0.25, 0.3) is 11.3 Å². The van der Waals surface area contributed by atoms with Crippen molar-refractivity contribution in [1.82, 2.24) is 9.29 Å². The van der Waals surface area contributed by atoms with Crippen molar-refractivity contribution in [2.75, 3.05) is 14.2 Å². The predicted octanol–water partition coefficient (Wildman–Crippen LogP) is 3.51. The van der Waals surface area contributed by atoms with Crippen molar-refractivity contribution in [2.24, 2.45) is 0 Å². The average Bonchev–Trinajstić information content (AvgIpc) is 3.16. The molecule has 0 atom stereocenters. The molecule has 0 aliphatic carbocycles. The number of aromatic amines is 1. The monoisotopic (exact) mass is 356 g/mol. The van der Waals surface area contributed by atoms with Gasteiger partial charge in [-0.2, -0.15) is 4.31 Å². The van der Waals surface area contributed by atoms with Gasteiger partial charge in [-0.3, -0.25) is 0 Å². The van der Waals surface area contributed by atoms with Gasteiger partial charge in [-0.1, -0.05) is 30.3 Å². The molecule has 0 saturated heterocycles. The van der Waals surface area contributed by atoms with Crippen LogP contribution in [0.4, 0.5) is 0 Å². The maximum absolute atomic E-state index is 12.9. The van der Waals surface area contributed by atoms with Crippen molar-refractivity contribution in [2.45, 2.75) is 11.4 Å². The molecule has 1 heterocycles. The minimum absolute atomic E-state index is 0.233. The third-order valence-corrected chi connectivity index (χ3v) is 5.81. The van der Waals surface area contributed by atoms with Gasteiger partial charge in [0.05, 0.1) is 12.0 Å². The number of methoxy groups -OCH3 is 1. The fourth-order valence-corrected chi connectivity index (χ4v) is 3.85. The number of hydrogen-bond donors (Lipinski definition) is 1. The lowest BCUT2D eigenvalue weighted by atomic mass is 10.1. The van der Waals surface area contributed by atoms with E-state index in [9.17, 15) is 8.42 Å².